The number of benzene rings is 1. The summed E-state index contributed by atoms with van der Waals surface area (Å²) in [6.07, 6.45) is 4.63. The average molecular weight is 351 g/mol. The fourth-order valence-electron chi connectivity index (χ4n) is 2.66. The van der Waals surface area contributed by atoms with Crippen molar-refractivity contribution < 1.29 is 14.1 Å². The van der Waals surface area contributed by atoms with E-state index in [-0.39, 0.29) is 11.5 Å². The molecule has 0 aliphatic carbocycles. The second-order valence-electron chi connectivity index (χ2n) is 5.69. The van der Waals surface area contributed by atoms with Crippen molar-refractivity contribution in [1.29, 1.82) is 0 Å². The van der Waals surface area contributed by atoms with Crippen LogP contribution in [0.1, 0.15) is 28.7 Å². The van der Waals surface area contributed by atoms with Gasteiger partial charge in [-0.15, -0.1) is 0 Å². The Morgan fingerprint density at radius 1 is 1.31 bits per heavy atom. The van der Waals surface area contributed by atoms with Gasteiger partial charge in [0.2, 0.25) is 5.78 Å². The van der Waals surface area contributed by atoms with Crippen LogP contribution in [0.4, 0.5) is 5.69 Å². The molecule has 7 nitrogen and oxygen atoms in total. The van der Waals surface area contributed by atoms with Gasteiger partial charge in [0.25, 0.3) is 5.69 Å². The van der Waals surface area contributed by atoms with Crippen molar-refractivity contribution in [3.05, 3.63) is 75.8 Å². The zero-order valence-electron chi connectivity index (χ0n) is 14.4. The van der Waals surface area contributed by atoms with Gasteiger partial charge >= 0.3 is 0 Å². The summed E-state index contributed by atoms with van der Waals surface area (Å²) in [6, 6.07) is 9.79. The van der Waals surface area contributed by atoms with E-state index in [1.807, 2.05) is 6.92 Å². The quantitative estimate of drug-likeness (QED) is 0.286. The maximum atomic E-state index is 12.2. The lowest BCUT2D eigenvalue weighted by molar-refractivity contribution is -0.384. The minimum atomic E-state index is -0.431. The number of ketones is 1. The zero-order valence-corrected chi connectivity index (χ0v) is 14.4. The number of nitrogens with zero attached hydrogens (tertiary/aromatic N) is 3. The van der Waals surface area contributed by atoms with E-state index in [1.54, 1.807) is 48.1 Å². The first kappa shape index (κ1) is 17.3. The second-order valence-corrected chi connectivity index (χ2v) is 5.69. The molecule has 132 valence electrons. The van der Waals surface area contributed by atoms with Gasteiger partial charge in [-0.25, -0.2) is 0 Å². The molecule has 0 fully saturated rings. The maximum absolute atomic E-state index is 12.2. The number of hydrogen-bond acceptors (Lipinski definition) is 5. The normalized spacial score (nSPS) is 11.2. The Hall–Kier alpha value is -3.48. The molecule has 0 amide bonds. The van der Waals surface area contributed by atoms with Gasteiger partial charge in [0.15, 0.2) is 0 Å². The summed E-state index contributed by atoms with van der Waals surface area (Å²) in [5, 5.41) is 14.9. The molecule has 0 aliphatic heterocycles. The molecule has 0 atom stereocenters. The first-order valence-electron chi connectivity index (χ1n) is 8.09. The average Bonchev–Trinajstić information content (AvgIpc) is 3.28. The molecule has 3 rings (SSSR count). The molecule has 0 bridgehead atoms. The smallest absolute Gasteiger partial charge is 0.269 e. The van der Waals surface area contributed by atoms with Gasteiger partial charge in [0.05, 0.1) is 4.92 Å². The summed E-state index contributed by atoms with van der Waals surface area (Å²) in [5.74, 6) is 0.950. The van der Waals surface area contributed by atoms with Crippen LogP contribution in [0.5, 0.6) is 0 Å². The molecule has 3 aromatic rings. The molecular formula is C19H17N3O4. The molecule has 1 aromatic carbocycles. The number of nitro benzene ring substituents is 1. The minimum Gasteiger partial charge on any atom is -0.457 e. The van der Waals surface area contributed by atoms with Crippen LogP contribution in [-0.2, 0) is 6.54 Å². The summed E-state index contributed by atoms with van der Waals surface area (Å²) in [4.78, 5) is 22.6. The van der Waals surface area contributed by atoms with Crippen LogP contribution in [0.2, 0.25) is 0 Å². The number of aryl methyl sites for hydroxylation is 2. The van der Waals surface area contributed by atoms with E-state index in [9.17, 15) is 14.9 Å². The van der Waals surface area contributed by atoms with E-state index in [4.69, 9.17) is 4.42 Å². The molecule has 2 heterocycles. The zero-order chi connectivity index (χ0) is 18.7. The van der Waals surface area contributed by atoms with Crippen molar-refractivity contribution in [3.63, 3.8) is 0 Å². The number of rotatable bonds is 6. The molecule has 0 N–H and O–H groups in total. The molecule has 7 heteroatoms. The van der Waals surface area contributed by atoms with Crippen LogP contribution < -0.4 is 0 Å². The lowest BCUT2D eigenvalue weighted by Crippen LogP contribution is -2.07. The van der Waals surface area contributed by atoms with Crippen molar-refractivity contribution in [2.75, 3.05) is 0 Å². The topological polar surface area (TPSA) is 91.2 Å². The van der Waals surface area contributed by atoms with Crippen LogP contribution in [0.25, 0.3) is 17.4 Å². The summed E-state index contributed by atoms with van der Waals surface area (Å²) >= 11 is 0. The van der Waals surface area contributed by atoms with Gasteiger partial charge in [0.1, 0.15) is 17.2 Å². The number of non-ortho nitro benzene ring substituents is 1. The molecular weight excluding hydrogens is 334 g/mol. The predicted molar refractivity (Wildman–Crippen MR) is 96.8 cm³/mol. The maximum Gasteiger partial charge on any atom is 0.269 e. The van der Waals surface area contributed by atoms with Crippen LogP contribution in [0, 0.1) is 17.0 Å². The van der Waals surface area contributed by atoms with E-state index >= 15 is 0 Å². The Balaban J connectivity index is 1.80. The van der Waals surface area contributed by atoms with E-state index < -0.39 is 4.92 Å². The summed E-state index contributed by atoms with van der Waals surface area (Å²) < 4.78 is 7.37. The number of allylic oxidation sites excluding steroid dienone is 1. The highest BCUT2D eigenvalue weighted by molar-refractivity contribution is 6.05. The van der Waals surface area contributed by atoms with Crippen LogP contribution in [0.15, 0.2) is 53.1 Å². The van der Waals surface area contributed by atoms with Gasteiger partial charge in [-0.1, -0.05) is 0 Å². The first-order chi connectivity index (χ1) is 12.5. The van der Waals surface area contributed by atoms with E-state index in [0.717, 1.165) is 11.1 Å². The number of aromatic nitrogens is 2. The van der Waals surface area contributed by atoms with Crippen LogP contribution in [0.3, 0.4) is 0 Å². The molecule has 0 aliphatic rings. The molecule has 0 saturated carbocycles. The molecule has 26 heavy (non-hydrogen) atoms. The van der Waals surface area contributed by atoms with E-state index in [1.165, 1.54) is 18.2 Å². The standard InChI is InChI=1S/C19H17N3O4/c1-3-21-17(10-11-20-21)18(23)8-5-15-6-9-19(26-15)16-7-4-14(22(24)25)12-13(16)2/h4-12H,3H2,1-2H3. The number of furan rings is 1. The van der Waals surface area contributed by atoms with Crippen molar-refractivity contribution in [2.24, 2.45) is 0 Å². The third-order valence-corrected chi connectivity index (χ3v) is 3.98. The Bertz CT molecular complexity index is 998. The number of carbonyl (C=O) groups is 1. The van der Waals surface area contributed by atoms with Gasteiger partial charge in [-0.05, 0) is 55.8 Å². The van der Waals surface area contributed by atoms with E-state index in [2.05, 4.69) is 5.10 Å². The SMILES string of the molecule is CCn1nccc1C(=O)C=Cc1ccc(-c2ccc([N+](=O)[O-])cc2C)o1. The van der Waals surface area contributed by atoms with Crippen molar-refractivity contribution in [1.82, 2.24) is 9.78 Å². The van der Waals surface area contributed by atoms with Gasteiger partial charge in [-0.3, -0.25) is 19.6 Å². The Labute approximate surface area is 149 Å². The highest BCUT2D eigenvalue weighted by atomic mass is 16.6. The third-order valence-electron chi connectivity index (χ3n) is 3.98. The highest BCUT2D eigenvalue weighted by Crippen LogP contribution is 2.28. The Morgan fingerprint density at radius 3 is 2.81 bits per heavy atom. The van der Waals surface area contributed by atoms with Crippen molar-refractivity contribution >= 4 is 17.5 Å². The monoisotopic (exact) mass is 351 g/mol. The number of hydrogen-bond donors (Lipinski definition) is 0. The summed E-state index contributed by atoms with van der Waals surface area (Å²) in [6.45, 7) is 4.32. The number of nitro groups is 1. The summed E-state index contributed by atoms with van der Waals surface area (Å²) in [5.41, 5.74) is 2.07. The van der Waals surface area contributed by atoms with Crippen molar-refractivity contribution in [3.8, 4) is 11.3 Å². The highest BCUT2D eigenvalue weighted by Gasteiger charge is 2.12. The number of carbonyl (C=O) groups excluding carboxylic acids is 1. The first-order valence-corrected chi connectivity index (χ1v) is 8.09. The molecule has 0 saturated heterocycles. The van der Waals surface area contributed by atoms with Gasteiger partial charge in [-0.2, -0.15) is 5.10 Å². The van der Waals surface area contributed by atoms with Gasteiger partial charge < -0.3 is 4.42 Å². The minimum absolute atomic E-state index is 0.0380. The molecule has 0 spiro atoms. The molecule has 0 unspecified atom stereocenters. The molecule has 2 aromatic heterocycles. The predicted octanol–water partition coefficient (Wildman–Crippen LogP) is 4.28. The lowest BCUT2D eigenvalue weighted by atomic mass is 10.1. The van der Waals surface area contributed by atoms with Crippen LogP contribution in [-0.4, -0.2) is 20.5 Å². The van der Waals surface area contributed by atoms with E-state index in [0.29, 0.717) is 23.8 Å². The molecule has 0 radical (unpaired) electrons. The fraction of sp³-hybridized carbons (Fsp3) is 0.158. The largest absolute Gasteiger partial charge is 0.457 e. The Morgan fingerprint density at radius 2 is 2.12 bits per heavy atom. The van der Waals surface area contributed by atoms with Gasteiger partial charge in [0, 0.05) is 30.4 Å². The second kappa shape index (κ2) is 7.18. The third kappa shape index (κ3) is 3.46. The van der Waals surface area contributed by atoms with Crippen LogP contribution >= 0.6 is 0 Å². The fourth-order valence-corrected chi connectivity index (χ4v) is 2.66. The van der Waals surface area contributed by atoms with Crippen molar-refractivity contribution in [2.45, 2.75) is 20.4 Å². The summed E-state index contributed by atoms with van der Waals surface area (Å²) in [7, 11) is 0. The lowest BCUT2D eigenvalue weighted by Gasteiger charge is -2.02. The Kier molecular flexibility index (Phi) is 4.79.